The molecule has 0 aliphatic carbocycles. The minimum Gasteiger partial charge on any atom is -0.375 e. The molecule has 78 valence electrons. The van der Waals surface area contributed by atoms with Gasteiger partial charge < -0.3 is 15.2 Å². The largest absolute Gasteiger partial charge is 0.375 e. The number of ether oxygens (including phenoxy) is 2. The molecule has 0 heterocycles. The summed E-state index contributed by atoms with van der Waals surface area (Å²) in [7, 11) is 0. The average molecular weight is 187 g/mol. The monoisotopic (exact) mass is 187 g/mol. The van der Waals surface area contributed by atoms with E-state index in [0.29, 0.717) is 26.4 Å². The van der Waals surface area contributed by atoms with Crippen LogP contribution in [0.25, 0.3) is 0 Å². The van der Waals surface area contributed by atoms with E-state index in [1.807, 2.05) is 20.8 Å². The quantitative estimate of drug-likeness (QED) is 0.504. The molecular weight excluding hydrogens is 166 g/mol. The van der Waals surface area contributed by atoms with E-state index in [4.69, 9.17) is 15.2 Å². The molecule has 13 heavy (non-hydrogen) atoms. The van der Waals surface area contributed by atoms with Crippen molar-refractivity contribution in [2.45, 2.75) is 26.4 Å². The van der Waals surface area contributed by atoms with Crippen LogP contribution in [-0.4, -0.2) is 32.0 Å². The fraction of sp³-hybridized carbons (Fsp3) is 0.800. The van der Waals surface area contributed by atoms with Crippen LogP contribution in [0, 0.1) is 0 Å². The number of rotatable bonds is 6. The molecule has 0 aliphatic heterocycles. The lowest BCUT2D eigenvalue weighted by Crippen LogP contribution is -2.22. The second-order valence-electron chi connectivity index (χ2n) is 3.97. The molecule has 2 N–H and O–H groups in total. The lowest BCUT2D eigenvalue weighted by molar-refractivity contribution is -0.0320. The predicted octanol–water partition coefficient (Wildman–Crippen LogP) is 1.33. The first-order chi connectivity index (χ1) is 5.95. The van der Waals surface area contributed by atoms with Crippen LogP contribution in [0.2, 0.25) is 0 Å². The first-order valence-electron chi connectivity index (χ1n) is 4.54. The number of hydrogen-bond acceptors (Lipinski definition) is 3. The molecule has 0 aliphatic rings. The zero-order valence-corrected chi connectivity index (χ0v) is 8.93. The minimum absolute atomic E-state index is 0.0891. The summed E-state index contributed by atoms with van der Waals surface area (Å²) in [5.74, 6) is 0. The van der Waals surface area contributed by atoms with Crippen molar-refractivity contribution < 1.29 is 9.47 Å². The van der Waals surface area contributed by atoms with Gasteiger partial charge in [-0.1, -0.05) is 6.58 Å². The maximum absolute atomic E-state index is 5.46. The second-order valence-corrected chi connectivity index (χ2v) is 3.97. The van der Waals surface area contributed by atoms with E-state index in [-0.39, 0.29) is 5.60 Å². The number of hydrogen-bond donors (Lipinski definition) is 1. The van der Waals surface area contributed by atoms with Gasteiger partial charge in [0.25, 0.3) is 0 Å². The van der Waals surface area contributed by atoms with Crippen LogP contribution in [0.4, 0.5) is 0 Å². The van der Waals surface area contributed by atoms with E-state index < -0.39 is 0 Å². The summed E-state index contributed by atoms with van der Waals surface area (Å²) in [5, 5.41) is 0. The van der Waals surface area contributed by atoms with Crippen molar-refractivity contribution >= 4 is 0 Å². The topological polar surface area (TPSA) is 44.5 Å². The summed E-state index contributed by atoms with van der Waals surface area (Å²) in [4.78, 5) is 0. The lowest BCUT2D eigenvalue weighted by Gasteiger charge is -2.19. The smallest absolute Gasteiger partial charge is 0.0707 e. The molecule has 0 saturated carbocycles. The Labute approximate surface area is 80.9 Å². The maximum Gasteiger partial charge on any atom is 0.0707 e. The van der Waals surface area contributed by atoms with Gasteiger partial charge in [-0.25, -0.2) is 0 Å². The van der Waals surface area contributed by atoms with Crippen LogP contribution in [0.5, 0.6) is 0 Å². The Kier molecular flexibility index (Phi) is 5.95. The Morgan fingerprint density at radius 1 is 1.31 bits per heavy atom. The Balaban J connectivity index is 3.22. The van der Waals surface area contributed by atoms with Gasteiger partial charge in [0.15, 0.2) is 0 Å². The number of nitrogens with two attached hydrogens (primary N) is 1. The van der Waals surface area contributed by atoms with Gasteiger partial charge in [-0.15, -0.1) is 0 Å². The van der Waals surface area contributed by atoms with Gasteiger partial charge in [-0.2, -0.15) is 0 Å². The van der Waals surface area contributed by atoms with Gasteiger partial charge >= 0.3 is 0 Å². The van der Waals surface area contributed by atoms with Crippen LogP contribution in [-0.2, 0) is 9.47 Å². The van der Waals surface area contributed by atoms with Crippen molar-refractivity contribution in [3.63, 3.8) is 0 Å². The highest BCUT2D eigenvalue weighted by atomic mass is 16.5. The summed E-state index contributed by atoms with van der Waals surface area (Å²) in [6.07, 6.45) is 0. The second kappa shape index (κ2) is 6.13. The van der Waals surface area contributed by atoms with Crippen LogP contribution >= 0.6 is 0 Å². The van der Waals surface area contributed by atoms with Crippen molar-refractivity contribution in [3.8, 4) is 0 Å². The van der Waals surface area contributed by atoms with Gasteiger partial charge in [-0.05, 0) is 26.3 Å². The molecule has 0 amide bonds. The molecule has 0 aromatic rings. The van der Waals surface area contributed by atoms with Crippen molar-refractivity contribution in [1.29, 1.82) is 0 Å². The molecule has 0 atom stereocenters. The summed E-state index contributed by atoms with van der Waals surface area (Å²) < 4.78 is 10.7. The van der Waals surface area contributed by atoms with Gasteiger partial charge in [-0.3, -0.25) is 0 Å². The molecular formula is C10H21NO2. The molecule has 0 rings (SSSR count). The van der Waals surface area contributed by atoms with E-state index in [9.17, 15) is 0 Å². The Morgan fingerprint density at radius 3 is 2.38 bits per heavy atom. The molecule has 0 fully saturated rings. The van der Waals surface area contributed by atoms with Crippen molar-refractivity contribution in [3.05, 3.63) is 12.2 Å². The highest BCUT2D eigenvalue weighted by Crippen LogP contribution is 2.05. The van der Waals surface area contributed by atoms with Gasteiger partial charge in [0, 0.05) is 6.54 Å². The summed E-state index contributed by atoms with van der Waals surface area (Å²) in [5.41, 5.74) is 6.17. The maximum atomic E-state index is 5.46. The normalized spacial score (nSPS) is 11.7. The molecule has 0 aromatic heterocycles. The van der Waals surface area contributed by atoms with Gasteiger partial charge in [0.05, 0.1) is 25.4 Å². The average Bonchev–Trinajstić information content (AvgIpc) is 2.01. The molecule has 3 heteroatoms. The van der Waals surface area contributed by atoms with Gasteiger partial charge in [0.1, 0.15) is 0 Å². The van der Waals surface area contributed by atoms with E-state index in [2.05, 4.69) is 6.58 Å². The molecule has 0 radical (unpaired) electrons. The fourth-order valence-electron chi connectivity index (χ4n) is 0.682. The minimum atomic E-state index is -0.0891. The Hall–Kier alpha value is -0.380. The van der Waals surface area contributed by atoms with E-state index in [1.54, 1.807) is 0 Å². The fourth-order valence-corrected chi connectivity index (χ4v) is 0.682. The van der Waals surface area contributed by atoms with Crippen molar-refractivity contribution in [2.24, 2.45) is 5.73 Å². The first-order valence-corrected chi connectivity index (χ1v) is 4.54. The van der Waals surface area contributed by atoms with E-state index >= 15 is 0 Å². The third-order valence-electron chi connectivity index (χ3n) is 1.36. The van der Waals surface area contributed by atoms with Crippen molar-refractivity contribution in [2.75, 3.05) is 26.4 Å². The highest BCUT2D eigenvalue weighted by Gasteiger charge is 2.08. The van der Waals surface area contributed by atoms with E-state index in [0.717, 1.165) is 5.57 Å². The SMILES string of the molecule is C=C(CN)COCCOC(C)(C)C. The van der Waals surface area contributed by atoms with Crippen LogP contribution in [0.15, 0.2) is 12.2 Å². The standard InChI is InChI=1S/C10H21NO2/c1-9(7-11)8-12-5-6-13-10(2,3)4/h1,5-8,11H2,2-4H3. The van der Waals surface area contributed by atoms with Crippen LogP contribution < -0.4 is 5.73 Å². The van der Waals surface area contributed by atoms with Gasteiger partial charge in [0.2, 0.25) is 0 Å². The highest BCUT2D eigenvalue weighted by molar-refractivity contribution is 4.95. The van der Waals surface area contributed by atoms with Crippen molar-refractivity contribution in [1.82, 2.24) is 0 Å². The third kappa shape index (κ3) is 9.53. The molecule has 0 unspecified atom stereocenters. The van der Waals surface area contributed by atoms with Crippen LogP contribution in [0.3, 0.4) is 0 Å². The Morgan fingerprint density at radius 2 is 1.92 bits per heavy atom. The summed E-state index contributed by atoms with van der Waals surface area (Å²) in [6.45, 7) is 12.0. The molecule has 3 nitrogen and oxygen atoms in total. The predicted molar refractivity (Wildman–Crippen MR) is 54.7 cm³/mol. The third-order valence-corrected chi connectivity index (χ3v) is 1.36. The van der Waals surface area contributed by atoms with E-state index in [1.165, 1.54) is 0 Å². The molecule has 0 aromatic carbocycles. The first kappa shape index (κ1) is 12.6. The molecule has 0 spiro atoms. The summed E-state index contributed by atoms with van der Waals surface area (Å²) >= 11 is 0. The Bertz CT molecular complexity index is 149. The molecule has 0 bridgehead atoms. The molecule has 0 saturated heterocycles. The zero-order chi connectivity index (χ0) is 10.3. The zero-order valence-electron chi connectivity index (χ0n) is 8.93. The van der Waals surface area contributed by atoms with Crippen LogP contribution in [0.1, 0.15) is 20.8 Å². The lowest BCUT2D eigenvalue weighted by atomic mass is 10.2. The summed E-state index contributed by atoms with van der Waals surface area (Å²) in [6, 6.07) is 0.